The van der Waals surface area contributed by atoms with Crippen LogP contribution >= 0.6 is 0 Å². The molecule has 1 N–H and O–H groups in total. The van der Waals surface area contributed by atoms with Crippen LogP contribution in [0.2, 0.25) is 0 Å². The third-order valence-electron chi connectivity index (χ3n) is 5.22. The maximum atomic E-state index is 13.3. The maximum absolute atomic E-state index is 13.3. The minimum atomic E-state index is -0.341. The summed E-state index contributed by atoms with van der Waals surface area (Å²) in [5.41, 5.74) is 4.30. The van der Waals surface area contributed by atoms with Crippen molar-refractivity contribution in [2.24, 2.45) is 0 Å². The quantitative estimate of drug-likeness (QED) is 0.551. The second-order valence-electron chi connectivity index (χ2n) is 7.16. The Bertz CT molecular complexity index is 1160. The van der Waals surface area contributed by atoms with E-state index in [1.807, 2.05) is 12.3 Å². The van der Waals surface area contributed by atoms with E-state index in [1.165, 1.54) is 17.7 Å². The summed E-state index contributed by atoms with van der Waals surface area (Å²) >= 11 is 0. The van der Waals surface area contributed by atoms with Crippen LogP contribution in [0.5, 0.6) is 11.6 Å². The van der Waals surface area contributed by atoms with Gasteiger partial charge in [0.15, 0.2) is 0 Å². The lowest BCUT2D eigenvalue weighted by molar-refractivity contribution is 0.458. The number of hydrogen-bond acceptors (Lipinski definition) is 5. The molecule has 1 aliphatic heterocycles. The van der Waals surface area contributed by atoms with Crippen LogP contribution < -0.4 is 10.1 Å². The number of aromatic nitrogens is 3. The van der Waals surface area contributed by atoms with E-state index in [1.54, 1.807) is 30.7 Å². The van der Waals surface area contributed by atoms with Crippen molar-refractivity contribution in [2.75, 3.05) is 13.1 Å². The fourth-order valence-electron chi connectivity index (χ4n) is 3.79. The van der Waals surface area contributed by atoms with Crippen molar-refractivity contribution in [3.63, 3.8) is 0 Å². The molecule has 1 aliphatic rings. The van der Waals surface area contributed by atoms with Gasteiger partial charge in [0, 0.05) is 42.0 Å². The number of pyridine rings is 1. The largest absolute Gasteiger partial charge is 0.439 e. The summed E-state index contributed by atoms with van der Waals surface area (Å²) in [6.45, 7) is 1.98. The highest BCUT2D eigenvalue weighted by Gasteiger charge is 2.20. The van der Waals surface area contributed by atoms with E-state index >= 15 is 0 Å². The van der Waals surface area contributed by atoms with Crippen molar-refractivity contribution in [1.29, 1.82) is 0 Å². The van der Waals surface area contributed by atoms with Crippen LogP contribution in [-0.4, -0.2) is 28.0 Å². The van der Waals surface area contributed by atoms with Gasteiger partial charge in [-0.25, -0.2) is 19.3 Å². The molecule has 1 saturated heterocycles. The molecule has 1 atom stereocenters. The normalized spacial score (nSPS) is 16.2. The first-order chi connectivity index (χ1) is 14.3. The molecule has 0 aliphatic carbocycles. The van der Waals surface area contributed by atoms with Crippen LogP contribution in [0.25, 0.3) is 22.0 Å². The van der Waals surface area contributed by atoms with Gasteiger partial charge in [0.2, 0.25) is 5.88 Å². The molecule has 1 unspecified atom stereocenters. The summed E-state index contributed by atoms with van der Waals surface area (Å²) in [6, 6.07) is 14.1. The van der Waals surface area contributed by atoms with Gasteiger partial charge >= 0.3 is 0 Å². The average Bonchev–Trinajstić information content (AvgIpc) is 3.28. The third kappa shape index (κ3) is 3.67. The summed E-state index contributed by atoms with van der Waals surface area (Å²) in [5, 5.41) is 4.45. The van der Waals surface area contributed by atoms with Gasteiger partial charge < -0.3 is 10.1 Å². The van der Waals surface area contributed by atoms with Gasteiger partial charge in [0.1, 0.15) is 17.9 Å². The Morgan fingerprint density at radius 3 is 2.76 bits per heavy atom. The first kappa shape index (κ1) is 17.7. The van der Waals surface area contributed by atoms with Gasteiger partial charge in [-0.2, -0.15) is 0 Å². The molecule has 0 saturated carbocycles. The number of rotatable bonds is 4. The SMILES string of the molecule is Fc1cccc(Oc2ccc(-c3cc(C4CCNC4)c4ncncc4c3)cn2)c1. The average molecular weight is 386 g/mol. The van der Waals surface area contributed by atoms with E-state index in [9.17, 15) is 4.39 Å². The Morgan fingerprint density at radius 2 is 1.97 bits per heavy atom. The molecule has 5 rings (SSSR count). The van der Waals surface area contributed by atoms with Crippen molar-refractivity contribution < 1.29 is 9.13 Å². The Hall–Kier alpha value is -3.38. The molecule has 0 amide bonds. The van der Waals surface area contributed by atoms with Crippen molar-refractivity contribution in [3.8, 4) is 22.8 Å². The zero-order chi connectivity index (χ0) is 19.6. The van der Waals surface area contributed by atoms with Gasteiger partial charge in [-0.15, -0.1) is 0 Å². The standard InChI is InChI=1S/C23H19FN4O/c24-19-2-1-3-20(10-19)29-22-5-4-15(13-27-22)17-8-18-12-26-14-28-23(18)21(9-17)16-6-7-25-11-16/h1-5,8-10,12-14,16,25H,6-7,11H2. The maximum Gasteiger partial charge on any atom is 0.219 e. The Kier molecular flexibility index (Phi) is 4.62. The number of hydrogen-bond donors (Lipinski definition) is 1. The molecule has 1 fully saturated rings. The molecule has 0 spiro atoms. The summed E-state index contributed by atoms with van der Waals surface area (Å²) in [6.07, 6.45) is 6.33. The lowest BCUT2D eigenvalue weighted by Crippen LogP contribution is -2.08. The second kappa shape index (κ2) is 7.56. The Morgan fingerprint density at radius 1 is 1.00 bits per heavy atom. The van der Waals surface area contributed by atoms with E-state index in [4.69, 9.17) is 4.74 Å². The van der Waals surface area contributed by atoms with Crippen molar-refractivity contribution >= 4 is 10.9 Å². The minimum absolute atomic E-state index is 0.341. The molecule has 0 bridgehead atoms. The number of nitrogens with one attached hydrogen (secondary N) is 1. The highest BCUT2D eigenvalue weighted by atomic mass is 19.1. The number of ether oxygens (including phenoxy) is 1. The summed E-state index contributed by atoms with van der Waals surface area (Å²) in [7, 11) is 0. The predicted molar refractivity (Wildman–Crippen MR) is 109 cm³/mol. The monoisotopic (exact) mass is 386 g/mol. The van der Waals surface area contributed by atoms with E-state index in [2.05, 4.69) is 32.4 Å². The van der Waals surface area contributed by atoms with Gasteiger partial charge in [-0.1, -0.05) is 6.07 Å². The van der Waals surface area contributed by atoms with Crippen LogP contribution in [-0.2, 0) is 0 Å². The molecule has 144 valence electrons. The highest BCUT2D eigenvalue weighted by Crippen LogP contribution is 2.33. The van der Waals surface area contributed by atoms with Crippen molar-refractivity contribution in [2.45, 2.75) is 12.3 Å². The zero-order valence-electron chi connectivity index (χ0n) is 15.7. The Balaban J connectivity index is 1.48. The van der Waals surface area contributed by atoms with Crippen molar-refractivity contribution in [3.05, 3.63) is 78.6 Å². The van der Waals surface area contributed by atoms with E-state index in [0.29, 0.717) is 17.5 Å². The molecule has 2 aromatic heterocycles. The summed E-state index contributed by atoms with van der Waals surface area (Å²) < 4.78 is 19.0. The van der Waals surface area contributed by atoms with Crippen molar-refractivity contribution in [1.82, 2.24) is 20.3 Å². The lowest BCUT2D eigenvalue weighted by atomic mass is 9.92. The van der Waals surface area contributed by atoms with Gasteiger partial charge in [-0.05, 0) is 60.3 Å². The molecule has 5 nitrogen and oxygen atoms in total. The number of benzene rings is 2. The van der Waals surface area contributed by atoms with Crippen LogP contribution in [0.15, 0.2) is 67.3 Å². The number of fused-ring (bicyclic) bond motifs is 1. The Labute approximate surface area is 167 Å². The van der Waals surface area contributed by atoms with Crippen LogP contribution in [0.1, 0.15) is 17.9 Å². The molecule has 6 heteroatoms. The van der Waals surface area contributed by atoms with Gasteiger partial charge in [0.05, 0.1) is 5.52 Å². The van der Waals surface area contributed by atoms with E-state index < -0.39 is 0 Å². The topological polar surface area (TPSA) is 59.9 Å². The third-order valence-corrected chi connectivity index (χ3v) is 5.22. The minimum Gasteiger partial charge on any atom is -0.439 e. The molecular weight excluding hydrogens is 367 g/mol. The van der Waals surface area contributed by atoms with Crippen LogP contribution in [0.4, 0.5) is 4.39 Å². The fourth-order valence-corrected chi connectivity index (χ4v) is 3.79. The fraction of sp³-hybridized carbons (Fsp3) is 0.174. The predicted octanol–water partition coefficient (Wildman–Crippen LogP) is 4.70. The molecule has 0 radical (unpaired) electrons. The van der Waals surface area contributed by atoms with E-state index in [-0.39, 0.29) is 5.82 Å². The van der Waals surface area contributed by atoms with E-state index in [0.717, 1.165) is 41.5 Å². The summed E-state index contributed by atoms with van der Waals surface area (Å²) in [4.78, 5) is 13.1. The lowest BCUT2D eigenvalue weighted by Gasteiger charge is -2.14. The summed E-state index contributed by atoms with van der Waals surface area (Å²) in [5.74, 6) is 0.940. The number of nitrogens with zero attached hydrogens (tertiary/aromatic N) is 3. The van der Waals surface area contributed by atoms with Crippen LogP contribution in [0.3, 0.4) is 0 Å². The highest BCUT2D eigenvalue weighted by molar-refractivity contribution is 5.87. The van der Waals surface area contributed by atoms with Gasteiger partial charge in [0.25, 0.3) is 0 Å². The zero-order valence-corrected chi connectivity index (χ0v) is 15.7. The molecule has 2 aromatic carbocycles. The smallest absolute Gasteiger partial charge is 0.219 e. The van der Waals surface area contributed by atoms with Gasteiger partial charge in [-0.3, -0.25) is 0 Å². The molecule has 3 heterocycles. The first-order valence-corrected chi connectivity index (χ1v) is 9.60. The first-order valence-electron chi connectivity index (χ1n) is 9.60. The number of halogens is 1. The van der Waals surface area contributed by atoms with Crippen LogP contribution in [0, 0.1) is 5.82 Å². The second-order valence-corrected chi connectivity index (χ2v) is 7.16. The molecule has 29 heavy (non-hydrogen) atoms. The molecular formula is C23H19FN4O. The molecule has 4 aromatic rings.